The lowest BCUT2D eigenvalue weighted by Gasteiger charge is -2.28. The molecule has 1 N–H and O–H groups in total. The van der Waals surface area contributed by atoms with Crippen LogP contribution < -0.4 is 21.3 Å². The number of hydrogen-bond acceptors (Lipinski definition) is 6. The van der Waals surface area contributed by atoms with Crippen molar-refractivity contribution in [2.45, 2.75) is 32.9 Å². The molecule has 0 amide bonds. The highest BCUT2D eigenvalue weighted by Gasteiger charge is 2.25. The molecule has 0 spiro atoms. The minimum atomic E-state index is -0.317. The maximum Gasteiger partial charge on any atom is 0.336 e. The number of aryl methyl sites for hydroxylation is 3. The van der Waals surface area contributed by atoms with Crippen LogP contribution in [0.1, 0.15) is 17.7 Å². The molecule has 1 saturated heterocycles. The second-order valence-corrected chi connectivity index (χ2v) is 11.7. The minimum Gasteiger partial charge on any atom is -0.495 e. The van der Waals surface area contributed by atoms with Gasteiger partial charge < -0.3 is 19.2 Å². The molecule has 0 aliphatic carbocycles. The molecule has 6 aromatic rings. The quantitative estimate of drug-likeness (QED) is 0.320. The molecule has 0 radical (unpaired) electrons. The summed E-state index contributed by atoms with van der Waals surface area (Å²) >= 11 is 1.49. The first-order chi connectivity index (χ1) is 19.8. The van der Waals surface area contributed by atoms with E-state index in [1.54, 1.807) is 18.0 Å². The number of methoxy groups -OCH3 is 1. The second kappa shape index (κ2) is 9.60. The van der Waals surface area contributed by atoms with E-state index in [1.165, 1.54) is 15.9 Å². The topological polar surface area (TPSA) is 88.0 Å². The van der Waals surface area contributed by atoms with Gasteiger partial charge in [0.05, 0.1) is 35.9 Å². The number of fused-ring (bicyclic) bond motifs is 2. The third-order valence-corrected chi connectivity index (χ3v) is 9.46. The van der Waals surface area contributed by atoms with Gasteiger partial charge in [-0.25, -0.2) is 14.3 Å². The fourth-order valence-corrected chi connectivity index (χ4v) is 7.03. The van der Waals surface area contributed by atoms with E-state index in [9.17, 15) is 9.59 Å². The van der Waals surface area contributed by atoms with Crippen molar-refractivity contribution in [3.8, 4) is 27.6 Å². The van der Waals surface area contributed by atoms with E-state index in [4.69, 9.17) is 4.74 Å². The number of imidazole rings is 1. The Labute approximate surface area is 239 Å². The number of benzene rings is 2. The van der Waals surface area contributed by atoms with Gasteiger partial charge in [0.15, 0.2) is 0 Å². The van der Waals surface area contributed by atoms with Crippen LogP contribution in [-0.4, -0.2) is 42.9 Å². The summed E-state index contributed by atoms with van der Waals surface area (Å²) in [6, 6.07) is 13.9. The molecule has 41 heavy (non-hydrogen) atoms. The average molecular weight is 567 g/mol. The van der Waals surface area contributed by atoms with E-state index in [1.807, 2.05) is 84.9 Å². The van der Waals surface area contributed by atoms with Gasteiger partial charge in [0, 0.05) is 47.8 Å². The average Bonchev–Trinajstić information content (AvgIpc) is 3.64. The zero-order chi connectivity index (χ0) is 28.4. The first-order valence-corrected chi connectivity index (χ1v) is 14.4. The summed E-state index contributed by atoms with van der Waals surface area (Å²) in [4.78, 5) is 34.2. The highest BCUT2D eigenvalue weighted by atomic mass is 32.1. The third kappa shape index (κ3) is 4.05. The van der Waals surface area contributed by atoms with Crippen LogP contribution in [0.25, 0.3) is 42.9 Å². The summed E-state index contributed by atoms with van der Waals surface area (Å²) in [6.07, 6.45) is 6.68. The number of ether oxygens (including phenoxy) is 1. The highest BCUT2D eigenvalue weighted by molar-refractivity contribution is 7.22. The molecule has 0 bridgehead atoms. The van der Waals surface area contributed by atoms with Crippen LogP contribution in [0.2, 0.25) is 0 Å². The SMILES string of the molecule is COc1cc(-c2sc3c(c2C)c(=O)n(-c2ccc4c(ccn4C)c2)c(=O)n3CC2CCN2)ccc1-n1cnc(C)c1. The van der Waals surface area contributed by atoms with Gasteiger partial charge >= 0.3 is 5.69 Å². The van der Waals surface area contributed by atoms with Gasteiger partial charge in [-0.15, -0.1) is 11.3 Å². The monoisotopic (exact) mass is 566 g/mol. The molecular formula is C31H30N6O3S. The lowest BCUT2D eigenvalue weighted by atomic mass is 10.1. The number of nitrogens with zero attached hydrogens (tertiary/aromatic N) is 5. The number of rotatable bonds is 6. The summed E-state index contributed by atoms with van der Waals surface area (Å²) < 4.78 is 12.8. The Hall–Kier alpha value is -4.41. The molecule has 10 heteroatoms. The van der Waals surface area contributed by atoms with Gasteiger partial charge in [-0.2, -0.15) is 0 Å². The molecule has 1 unspecified atom stereocenters. The molecule has 1 aliphatic rings. The van der Waals surface area contributed by atoms with Crippen molar-refractivity contribution in [3.05, 3.63) is 93.3 Å². The van der Waals surface area contributed by atoms with Crippen LogP contribution in [0, 0.1) is 13.8 Å². The zero-order valence-electron chi connectivity index (χ0n) is 23.3. The first kappa shape index (κ1) is 25.6. The maximum absolute atomic E-state index is 14.1. The van der Waals surface area contributed by atoms with Gasteiger partial charge in [-0.1, -0.05) is 6.07 Å². The van der Waals surface area contributed by atoms with Gasteiger partial charge in [-0.05, 0) is 74.3 Å². The molecule has 4 aromatic heterocycles. The summed E-state index contributed by atoms with van der Waals surface area (Å²) in [5.41, 5.74) is 4.58. The van der Waals surface area contributed by atoms with Crippen LogP contribution in [0.5, 0.6) is 5.75 Å². The van der Waals surface area contributed by atoms with Crippen molar-refractivity contribution in [1.82, 2.24) is 28.6 Å². The molecule has 1 aliphatic heterocycles. The van der Waals surface area contributed by atoms with E-state index >= 15 is 0 Å². The minimum absolute atomic E-state index is 0.197. The van der Waals surface area contributed by atoms with Gasteiger partial charge in [-0.3, -0.25) is 9.36 Å². The molecule has 208 valence electrons. The van der Waals surface area contributed by atoms with Crippen LogP contribution in [0.15, 0.2) is 70.8 Å². The van der Waals surface area contributed by atoms with E-state index in [2.05, 4.69) is 10.3 Å². The van der Waals surface area contributed by atoms with Gasteiger partial charge in [0.2, 0.25) is 0 Å². The summed E-state index contributed by atoms with van der Waals surface area (Å²) in [6.45, 7) is 5.35. The number of nitrogens with one attached hydrogen (secondary N) is 1. The molecule has 7 rings (SSSR count). The molecule has 1 fully saturated rings. The Balaban J connectivity index is 1.44. The summed E-state index contributed by atoms with van der Waals surface area (Å²) in [5, 5.41) is 4.96. The maximum atomic E-state index is 14.1. The predicted octanol–water partition coefficient (Wildman–Crippen LogP) is 4.55. The Morgan fingerprint density at radius 3 is 2.66 bits per heavy atom. The summed E-state index contributed by atoms with van der Waals surface area (Å²) in [7, 11) is 3.63. The fraction of sp³-hybridized carbons (Fsp3) is 0.258. The van der Waals surface area contributed by atoms with Crippen LogP contribution in [0.3, 0.4) is 0 Å². The second-order valence-electron chi connectivity index (χ2n) is 10.7. The Kier molecular flexibility index (Phi) is 5.98. The summed E-state index contributed by atoms with van der Waals surface area (Å²) in [5.74, 6) is 0.696. The molecule has 1 atom stereocenters. The first-order valence-electron chi connectivity index (χ1n) is 13.6. The smallest absolute Gasteiger partial charge is 0.336 e. The number of thiophene rings is 1. The van der Waals surface area contributed by atoms with Crippen LogP contribution in [0.4, 0.5) is 0 Å². The van der Waals surface area contributed by atoms with Crippen molar-refractivity contribution in [2.75, 3.05) is 13.7 Å². The molecular weight excluding hydrogens is 536 g/mol. The zero-order valence-corrected chi connectivity index (χ0v) is 24.2. The molecule has 0 saturated carbocycles. The number of aromatic nitrogens is 5. The lowest BCUT2D eigenvalue weighted by molar-refractivity contribution is 0.329. The third-order valence-electron chi connectivity index (χ3n) is 8.10. The molecule has 5 heterocycles. The lowest BCUT2D eigenvalue weighted by Crippen LogP contribution is -2.49. The molecule has 2 aromatic carbocycles. The van der Waals surface area contributed by atoms with Crippen molar-refractivity contribution in [2.24, 2.45) is 7.05 Å². The van der Waals surface area contributed by atoms with E-state index in [0.717, 1.165) is 51.3 Å². The van der Waals surface area contributed by atoms with Gasteiger partial charge in [0.25, 0.3) is 5.56 Å². The normalized spacial score (nSPS) is 15.1. The van der Waals surface area contributed by atoms with Crippen LogP contribution in [-0.2, 0) is 13.6 Å². The van der Waals surface area contributed by atoms with E-state index in [-0.39, 0.29) is 17.3 Å². The van der Waals surface area contributed by atoms with Gasteiger partial charge in [0.1, 0.15) is 10.6 Å². The van der Waals surface area contributed by atoms with Crippen LogP contribution >= 0.6 is 11.3 Å². The standard InChI is InChI=1S/C31H30N6O3S/c1-18-15-35(17-33-18)25-7-5-21(14-26(25)40-4)28-19(2)27-29(38)37(23-6-8-24-20(13-23)10-12-34(24)3)31(39)36(30(27)41-28)16-22-9-11-32-22/h5-8,10,12-15,17,22,32H,9,11,16H2,1-4H3. The molecule has 9 nitrogen and oxygen atoms in total. The van der Waals surface area contributed by atoms with Crippen molar-refractivity contribution in [1.29, 1.82) is 0 Å². The fourth-order valence-electron chi connectivity index (χ4n) is 5.73. The van der Waals surface area contributed by atoms with E-state index < -0.39 is 0 Å². The van der Waals surface area contributed by atoms with Crippen molar-refractivity contribution < 1.29 is 4.74 Å². The highest BCUT2D eigenvalue weighted by Crippen LogP contribution is 2.39. The van der Waals surface area contributed by atoms with Crippen molar-refractivity contribution in [3.63, 3.8) is 0 Å². The predicted molar refractivity (Wildman–Crippen MR) is 163 cm³/mol. The van der Waals surface area contributed by atoms with Crippen molar-refractivity contribution >= 4 is 32.5 Å². The Morgan fingerprint density at radius 1 is 1.12 bits per heavy atom. The largest absolute Gasteiger partial charge is 0.495 e. The Morgan fingerprint density at radius 2 is 1.95 bits per heavy atom. The Bertz CT molecular complexity index is 2090. The number of hydrogen-bond donors (Lipinski definition) is 1. The van der Waals surface area contributed by atoms with E-state index in [0.29, 0.717) is 28.2 Å².